The lowest BCUT2D eigenvalue weighted by atomic mass is 9.71. The van der Waals surface area contributed by atoms with E-state index in [0.717, 1.165) is 10.9 Å². The lowest BCUT2D eigenvalue weighted by molar-refractivity contribution is 0.551. The van der Waals surface area contributed by atoms with E-state index in [0.29, 0.717) is 0 Å². The third-order valence-corrected chi connectivity index (χ3v) is 4.63. The first-order valence-corrected chi connectivity index (χ1v) is 7.69. The van der Waals surface area contributed by atoms with Crippen molar-refractivity contribution in [2.75, 3.05) is 0 Å². The number of benzene rings is 2. The number of rotatable bonds is 4. The molecule has 0 bridgehead atoms. The number of halogens is 1. The largest absolute Gasteiger partial charge is 0.0992 e. The van der Waals surface area contributed by atoms with Gasteiger partial charge in [0.15, 0.2) is 0 Å². The summed E-state index contributed by atoms with van der Waals surface area (Å²) in [6, 6.07) is 17.1. The third-order valence-electron chi connectivity index (χ3n) is 4.14. The summed E-state index contributed by atoms with van der Waals surface area (Å²) in [4.78, 5) is 0. The number of allylic oxidation sites excluding steroid dienone is 1. The van der Waals surface area contributed by atoms with E-state index in [-0.39, 0.29) is 5.41 Å². The maximum atomic E-state index is 4.26. The van der Waals surface area contributed by atoms with Crippen molar-refractivity contribution in [2.45, 2.75) is 32.6 Å². The van der Waals surface area contributed by atoms with Crippen molar-refractivity contribution < 1.29 is 0 Å². The molecule has 0 heterocycles. The minimum absolute atomic E-state index is 0.0464. The third kappa shape index (κ3) is 3.04. The molecule has 0 saturated heterocycles. The molecule has 0 N–H and O–H groups in total. The van der Waals surface area contributed by atoms with E-state index in [9.17, 15) is 0 Å². The molecule has 104 valence electrons. The van der Waals surface area contributed by atoms with Gasteiger partial charge in [0.25, 0.3) is 0 Å². The summed E-state index contributed by atoms with van der Waals surface area (Å²) in [7, 11) is 0. The molecule has 2 aromatic rings. The van der Waals surface area contributed by atoms with Crippen LogP contribution in [0.5, 0.6) is 0 Å². The summed E-state index contributed by atoms with van der Waals surface area (Å²) in [6.45, 7) is 10.8. The van der Waals surface area contributed by atoms with Crippen molar-refractivity contribution in [3.8, 4) is 0 Å². The fourth-order valence-corrected chi connectivity index (χ4v) is 3.03. The first kappa shape index (κ1) is 15.1. The molecule has 0 aromatic heterocycles. The Balaban J connectivity index is 2.49. The van der Waals surface area contributed by atoms with Gasteiger partial charge < -0.3 is 0 Å². The number of hydrogen-bond acceptors (Lipinski definition) is 0. The maximum Gasteiger partial charge on any atom is 0.0178 e. The monoisotopic (exact) mass is 328 g/mol. The van der Waals surface area contributed by atoms with E-state index in [1.54, 1.807) is 0 Å². The van der Waals surface area contributed by atoms with Gasteiger partial charge in [-0.2, -0.15) is 0 Å². The van der Waals surface area contributed by atoms with Crippen LogP contribution in [0.15, 0.2) is 65.2 Å². The Morgan fingerprint density at radius 2 is 1.80 bits per heavy atom. The van der Waals surface area contributed by atoms with Crippen LogP contribution in [0.3, 0.4) is 0 Å². The highest BCUT2D eigenvalue weighted by molar-refractivity contribution is 9.10. The van der Waals surface area contributed by atoms with Crippen LogP contribution in [0.4, 0.5) is 0 Å². The van der Waals surface area contributed by atoms with Gasteiger partial charge in [0, 0.05) is 9.89 Å². The predicted molar refractivity (Wildman–Crippen MR) is 91.2 cm³/mol. The average molecular weight is 329 g/mol. The van der Waals surface area contributed by atoms with Crippen LogP contribution in [0.1, 0.15) is 30.5 Å². The second kappa shape index (κ2) is 5.97. The summed E-state index contributed by atoms with van der Waals surface area (Å²) in [5, 5.41) is 0. The minimum Gasteiger partial charge on any atom is -0.0992 e. The molecule has 1 unspecified atom stereocenters. The van der Waals surface area contributed by atoms with Gasteiger partial charge in [-0.3, -0.25) is 0 Å². The Morgan fingerprint density at radius 3 is 2.40 bits per heavy atom. The zero-order chi connectivity index (χ0) is 14.8. The zero-order valence-electron chi connectivity index (χ0n) is 12.4. The first-order chi connectivity index (χ1) is 9.43. The molecular weight excluding hydrogens is 308 g/mol. The van der Waals surface area contributed by atoms with Crippen LogP contribution in [0, 0.1) is 6.92 Å². The van der Waals surface area contributed by atoms with Crippen LogP contribution in [0.2, 0.25) is 0 Å². The van der Waals surface area contributed by atoms with Gasteiger partial charge in [0.2, 0.25) is 0 Å². The molecular formula is C19H21Br. The van der Waals surface area contributed by atoms with E-state index < -0.39 is 0 Å². The summed E-state index contributed by atoms with van der Waals surface area (Å²) in [5.74, 6) is 0. The van der Waals surface area contributed by atoms with E-state index in [1.165, 1.54) is 22.3 Å². The maximum absolute atomic E-state index is 4.26. The van der Waals surface area contributed by atoms with Crippen molar-refractivity contribution in [1.29, 1.82) is 0 Å². The molecule has 0 saturated carbocycles. The molecule has 1 heteroatoms. The second-order valence-electron chi connectivity index (χ2n) is 5.73. The van der Waals surface area contributed by atoms with Crippen molar-refractivity contribution in [1.82, 2.24) is 0 Å². The van der Waals surface area contributed by atoms with Gasteiger partial charge in [-0.1, -0.05) is 71.4 Å². The van der Waals surface area contributed by atoms with Gasteiger partial charge >= 0.3 is 0 Å². The topological polar surface area (TPSA) is 0 Å². The van der Waals surface area contributed by atoms with Crippen LogP contribution in [-0.4, -0.2) is 0 Å². The number of hydrogen-bond donors (Lipinski definition) is 0. The highest BCUT2D eigenvalue weighted by Crippen LogP contribution is 2.37. The first-order valence-electron chi connectivity index (χ1n) is 6.90. The molecule has 0 aliphatic carbocycles. The quantitative estimate of drug-likeness (QED) is 0.619. The summed E-state index contributed by atoms with van der Waals surface area (Å²) < 4.78 is 1.12. The van der Waals surface area contributed by atoms with E-state index in [4.69, 9.17) is 0 Å². The van der Waals surface area contributed by atoms with Gasteiger partial charge in [0.1, 0.15) is 0 Å². The molecule has 0 fully saturated rings. The van der Waals surface area contributed by atoms with Crippen molar-refractivity contribution >= 4 is 15.9 Å². The van der Waals surface area contributed by atoms with Crippen molar-refractivity contribution in [3.63, 3.8) is 0 Å². The molecule has 20 heavy (non-hydrogen) atoms. The van der Waals surface area contributed by atoms with Gasteiger partial charge in [-0.25, -0.2) is 0 Å². The Bertz CT molecular complexity index is 613. The fraction of sp³-hybridized carbons (Fsp3) is 0.263. The molecule has 0 aliphatic rings. The van der Waals surface area contributed by atoms with E-state index in [2.05, 4.69) is 91.8 Å². The minimum atomic E-state index is -0.0464. The molecule has 2 aromatic carbocycles. The van der Waals surface area contributed by atoms with Crippen LogP contribution in [0.25, 0.3) is 0 Å². The second-order valence-corrected chi connectivity index (χ2v) is 6.65. The molecule has 1 atom stereocenters. The summed E-state index contributed by atoms with van der Waals surface area (Å²) in [6.07, 6.45) is 0.973. The predicted octanol–water partition coefficient (Wildman–Crippen LogP) is 5.83. The normalized spacial score (nSPS) is 13.8. The molecule has 0 spiro atoms. The fourth-order valence-electron chi connectivity index (χ4n) is 2.67. The van der Waals surface area contributed by atoms with Gasteiger partial charge in [0.05, 0.1) is 0 Å². The standard InChI is InChI=1S/C19H21Br/c1-14(2)19(4,13-16-8-6-5-7-9-16)18-12-17(20)11-10-15(18)3/h5-12H,1,13H2,2-4H3. The van der Waals surface area contributed by atoms with E-state index in [1.807, 2.05) is 0 Å². The van der Waals surface area contributed by atoms with Crippen LogP contribution >= 0.6 is 15.9 Å². The Morgan fingerprint density at radius 1 is 1.15 bits per heavy atom. The highest BCUT2D eigenvalue weighted by atomic mass is 79.9. The van der Waals surface area contributed by atoms with Crippen LogP contribution < -0.4 is 0 Å². The average Bonchev–Trinajstić information content (AvgIpc) is 2.42. The summed E-state index contributed by atoms with van der Waals surface area (Å²) >= 11 is 3.59. The number of aryl methyl sites for hydroxylation is 1. The lowest BCUT2D eigenvalue weighted by Gasteiger charge is -2.33. The van der Waals surface area contributed by atoms with E-state index >= 15 is 0 Å². The molecule has 0 radical (unpaired) electrons. The van der Waals surface area contributed by atoms with Gasteiger partial charge in [-0.15, -0.1) is 0 Å². The molecule has 0 nitrogen and oxygen atoms in total. The summed E-state index contributed by atoms with van der Waals surface area (Å²) in [5.41, 5.74) is 5.16. The highest BCUT2D eigenvalue weighted by Gasteiger charge is 2.29. The molecule has 0 amide bonds. The van der Waals surface area contributed by atoms with Crippen LogP contribution in [-0.2, 0) is 11.8 Å². The smallest absolute Gasteiger partial charge is 0.0178 e. The SMILES string of the molecule is C=C(C)C(C)(Cc1ccccc1)c1cc(Br)ccc1C. The lowest BCUT2D eigenvalue weighted by Crippen LogP contribution is -2.27. The molecule has 0 aliphatic heterocycles. The Labute approximate surface area is 130 Å². The van der Waals surface area contributed by atoms with Crippen molar-refractivity contribution in [2.24, 2.45) is 0 Å². The van der Waals surface area contributed by atoms with Crippen molar-refractivity contribution in [3.05, 3.63) is 81.8 Å². The Hall–Kier alpha value is -1.34. The van der Waals surface area contributed by atoms with Gasteiger partial charge in [-0.05, 0) is 49.1 Å². The zero-order valence-corrected chi connectivity index (χ0v) is 14.0. The molecule has 2 rings (SSSR count). The Kier molecular flexibility index (Phi) is 4.49.